The van der Waals surface area contributed by atoms with Crippen molar-refractivity contribution in [2.45, 2.75) is 6.61 Å². The average Bonchev–Trinajstić information content (AvgIpc) is 3.04. The molecule has 3 rings (SSSR count). The van der Waals surface area contributed by atoms with Gasteiger partial charge in [0.25, 0.3) is 0 Å². The molecule has 25 heavy (non-hydrogen) atoms. The molecule has 0 unspecified atom stereocenters. The lowest BCUT2D eigenvalue weighted by atomic mass is 10.2. The highest BCUT2D eigenvalue weighted by Crippen LogP contribution is 2.34. The zero-order valence-electron chi connectivity index (χ0n) is 12.6. The van der Waals surface area contributed by atoms with Crippen molar-refractivity contribution in [3.05, 3.63) is 79.9 Å². The van der Waals surface area contributed by atoms with Crippen LogP contribution in [0.25, 0.3) is 11.3 Å². The first-order chi connectivity index (χ1) is 12.0. The summed E-state index contributed by atoms with van der Waals surface area (Å²) in [5, 5.41) is 1.50. The average molecular weight is 416 g/mol. The van der Waals surface area contributed by atoms with Gasteiger partial charge in [0, 0.05) is 10.6 Å². The molecule has 0 spiro atoms. The van der Waals surface area contributed by atoms with Crippen molar-refractivity contribution in [3.8, 4) is 11.3 Å². The van der Waals surface area contributed by atoms with E-state index in [0.29, 0.717) is 32.2 Å². The first-order valence-corrected chi connectivity index (χ1v) is 8.62. The third-order valence-corrected chi connectivity index (χ3v) is 4.74. The Labute approximate surface area is 164 Å². The normalized spacial score (nSPS) is 10.7. The van der Waals surface area contributed by atoms with Gasteiger partial charge in [-0.15, -0.1) is 0 Å². The lowest BCUT2D eigenvalue weighted by Crippen LogP contribution is -2.05. The number of hydrogen-bond acceptors (Lipinski definition) is 3. The molecule has 0 atom stereocenters. The highest BCUT2D eigenvalue weighted by Gasteiger charge is 2.15. The topological polar surface area (TPSA) is 39.4 Å². The molecule has 0 radical (unpaired) electrons. The molecule has 1 aromatic heterocycles. The van der Waals surface area contributed by atoms with Gasteiger partial charge in [0.15, 0.2) is 0 Å². The standard InChI is InChI=1S/C18H10Cl4O3/c19-10-4-6-12(15(21)8-10)18(23)24-9-11-5-7-16(25-11)13-2-1-3-14(20)17(13)22/h1-8H,9H2. The van der Waals surface area contributed by atoms with Crippen LogP contribution in [0.15, 0.2) is 52.9 Å². The smallest absolute Gasteiger partial charge is 0.340 e. The Balaban J connectivity index is 1.71. The van der Waals surface area contributed by atoms with Gasteiger partial charge < -0.3 is 9.15 Å². The molecule has 0 saturated heterocycles. The van der Waals surface area contributed by atoms with E-state index in [-0.39, 0.29) is 17.2 Å². The number of benzene rings is 2. The number of carbonyl (C=O) groups excluding carboxylic acids is 1. The van der Waals surface area contributed by atoms with Crippen LogP contribution in [0.1, 0.15) is 16.1 Å². The van der Waals surface area contributed by atoms with E-state index < -0.39 is 5.97 Å². The van der Waals surface area contributed by atoms with Gasteiger partial charge in [-0.25, -0.2) is 4.79 Å². The second kappa shape index (κ2) is 7.71. The third-order valence-electron chi connectivity index (χ3n) is 3.38. The number of ether oxygens (including phenoxy) is 1. The minimum Gasteiger partial charge on any atom is -0.457 e. The van der Waals surface area contributed by atoms with Gasteiger partial charge in [-0.05, 0) is 42.5 Å². The van der Waals surface area contributed by atoms with Gasteiger partial charge in [-0.1, -0.05) is 52.5 Å². The number of rotatable bonds is 4. The summed E-state index contributed by atoms with van der Waals surface area (Å²) < 4.78 is 10.9. The maximum Gasteiger partial charge on any atom is 0.340 e. The van der Waals surface area contributed by atoms with Crippen LogP contribution in [0.2, 0.25) is 20.1 Å². The number of hydrogen-bond donors (Lipinski definition) is 0. The minimum atomic E-state index is -0.569. The molecule has 0 fully saturated rings. The quantitative estimate of drug-likeness (QED) is 0.434. The van der Waals surface area contributed by atoms with Crippen LogP contribution in [0.5, 0.6) is 0 Å². The molecule has 0 aliphatic rings. The summed E-state index contributed by atoms with van der Waals surface area (Å²) in [5.74, 6) is 0.424. The van der Waals surface area contributed by atoms with Crippen molar-refractivity contribution in [2.24, 2.45) is 0 Å². The van der Waals surface area contributed by atoms with E-state index in [0.717, 1.165) is 0 Å². The third kappa shape index (κ3) is 4.13. The van der Waals surface area contributed by atoms with Crippen molar-refractivity contribution in [1.82, 2.24) is 0 Å². The number of furan rings is 1. The van der Waals surface area contributed by atoms with Gasteiger partial charge in [0.1, 0.15) is 18.1 Å². The zero-order valence-corrected chi connectivity index (χ0v) is 15.6. The van der Waals surface area contributed by atoms with Crippen LogP contribution in [0, 0.1) is 0 Å². The molecule has 2 aromatic carbocycles. The van der Waals surface area contributed by atoms with Crippen LogP contribution in [0.3, 0.4) is 0 Å². The van der Waals surface area contributed by atoms with E-state index in [1.165, 1.54) is 12.1 Å². The predicted molar refractivity (Wildman–Crippen MR) is 99.7 cm³/mol. The fraction of sp³-hybridized carbons (Fsp3) is 0.0556. The van der Waals surface area contributed by atoms with Gasteiger partial charge in [-0.2, -0.15) is 0 Å². The Bertz CT molecular complexity index is 934. The summed E-state index contributed by atoms with van der Waals surface area (Å²) in [4.78, 5) is 12.1. The molecule has 128 valence electrons. The fourth-order valence-corrected chi connectivity index (χ4v) is 3.04. The van der Waals surface area contributed by atoms with Crippen LogP contribution >= 0.6 is 46.4 Å². The highest BCUT2D eigenvalue weighted by atomic mass is 35.5. The molecule has 0 amide bonds. The van der Waals surface area contributed by atoms with Gasteiger partial charge in [-0.3, -0.25) is 0 Å². The first-order valence-electron chi connectivity index (χ1n) is 7.11. The summed E-state index contributed by atoms with van der Waals surface area (Å²) in [7, 11) is 0. The van der Waals surface area contributed by atoms with Crippen molar-refractivity contribution in [1.29, 1.82) is 0 Å². The number of halogens is 4. The molecule has 0 N–H and O–H groups in total. The Hall–Kier alpha value is -1.65. The van der Waals surface area contributed by atoms with Gasteiger partial charge >= 0.3 is 5.97 Å². The second-order valence-corrected chi connectivity index (χ2v) is 6.70. The zero-order chi connectivity index (χ0) is 18.0. The second-order valence-electron chi connectivity index (χ2n) is 5.07. The van der Waals surface area contributed by atoms with Crippen molar-refractivity contribution >= 4 is 52.4 Å². The molecule has 0 aliphatic heterocycles. The van der Waals surface area contributed by atoms with E-state index in [9.17, 15) is 4.79 Å². The van der Waals surface area contributed by atoms with Crippen molar-refractivity contribution in [2.75, 3.05) is 0 Å². The largest absolute Gasteiger partial charge is 0.457 e. The Morgan fingerprint density at radius 3 is 2.52 bits per heavy atom. The van der Waals surface area contributed by atoms with E-state index >= 15 is 0 Å². The van der Waals surface area contributed by atoms with Crippen LogP contribution in [-0.2, 0) is 11.3 Å². The van der Waals surface area contributed by atoms with E-state index in [1.54, 1.807) is 36.4 Å². The molecule has 0 saturated carbocycles. The van der Waals surface area contributed by atoms with E-state index in [2.05, 4.69) is 0 Å². The lowest BCUT2D eigenvalue weighted by molar-refractivity contribution is 0.0446. The molecular formula is C18H10Cl4O3. The van der Waals surface area contributed by atoms with Crippen LogP contribution < -0.4 is 0 Å². The number of carbonyl (C=O) groups is 1. The van der Waals surface area contributed by atoms with Gasteiger partial charge in [0.05, 0.1) is 20.6 Å². The molecular weight excluding hydrogens is 406 g/mol. The van der Waals surface area contributed by atoms with E-state index in [4.69, 9.17) is 55.6 Å². The minimum absolute atomic E-state index is 0.0457. The summed E-state index contributed by atoms with van der Waals surface area (Å²) >= 11 is 24.0. The first kappa shape index (κ1) is 18.2. The summed E-state index contributed by atoms with van der Waals surface area (Å²) in [6.07, 6.45) is 0. The van der Waals surface area contributed by atoms with Crippen molar-refractivity contribution < 1.29 is 13.9 Å². The summed E-state index contributed by atoms with van der Waals surface area (Å²) in [6, 6.07) is 13.2. The molecule has 7 heteroatoms. The Morgan fingerprint density at radius 2 is 1.76 bits per heavy atom. The summed E-state index contributed by atoms with van der Waals surface area (Å²) in [5.41, 5.74) is 0.892. The lowest BCUT2D eigenvalue weighted by Gasteiger charge is -2.05. The number of esters is 1. The predicted octanol–water partition coefficient (Wildman–Crippen LogP) is 6.92. The molecule has 1 heterocycles. The van der Waals surface area contributed by atoms with Crippen LogP contribution in [-0.4, -0.2) is 5.97 Å². The maximum absolute atomic E-state index is 12.1. The van der Waals surface area contributed by atoms with Crippen molar-refractivity contribution in [3.63, 3.8) is 0 Å². The van der Waals surface area contributed by atoms with Gasteiger partial charge in [0.2, 0.25) is 0 Å². The molecule has 0 bridgehead atoms. The Kier molecular flexibility index (Phi) is 5.60. The highest BCUT2D eigenvalue weighted by molar-refractivity contribution is 6.43. The fourth-order valence-electron chi connectivity index (χ4n) is 2.16. The van der Waals surface area contributed by atoms with Crippen LogP contribution in [0.4, 0.5) is 0 Å². The Morgan fingerprint density at radius 1 is 0.960 bits per heavy atom. The SMILES string of the molecule is O=C(OCc1ccc(-c2cccc(Cl)c2Cl)o1)c1ccc(Cl)cc1Cl. The monoisotopic (exact) mass is 414 g/mol. The molecule has 3 nitrogen and oxygen atoms in total. The molecule has 0 aliphatic carbocycles. The maximum atomic E-state index is 12.1. The van der Waals surface area contributed by atoms with E-state index in [1.807, 2.05) is 0 Å². The molecule has 3 aromatic rings. The summed E-state index contributed by atoms with van der Waals surface area (Å²) in [6.45, 7) is -0.0457.